The molecule has 2 amide bonds. The summed E-state index contributed by atoms with van der Waals surface area (Å²) in [6.07, 6.45) is 4.81. The first kappa shape index (κ1) is 26.9. The van der Waals surface area contributed by atoms with Gasteiger partial charge in [-0.25, -0.2) is 0 Å². The summed E-state index contributed by atoms with van der Waals surface area (Å²) in [5.41, 5.74) is -1.42. The number of hydrogen-bond donors (Lipinski definition) is 2. The van der Waals surface area contributed by atoms with Crippen molar-refractivity contribution in [2.75, 3.05) is 19.8 Å². The molecule has 5 atom stereocenters. The van der Waals surface area contributed by atoms with E-state index in [4.69, 9.17) is 14.6 Å². The van der Waals surface area contributed by atoms with Crippen molar-refractivity contribution >= 4 is 17.8 Å². The number of likely N-dealkylation sites (tertiary alicyclic amines) is 1. The Morgan fingerprint density at radius 1 is 1.18 bits per heavy atom. The number of amides is 2. The van der Waals surface area contributed by atoms with E-state index in [9.17, 15) is 14.4 Å². The second kappa shape index (κ2) is 10.1. The molecule has 0 unspecified atom stereocenters. The maximum atomic E-state index is 13.8. The summed E-state index contributed by atoms with van der Waals surface area (Å²) in [4.78, 5) is 42.1. The van der Waals surface area contributed by atoms with Crippen molar-refractivity contribution in [3.8, 4) is 0 Å². The minimum absolute atomic E-state index is 0.0206. The largest absolute Gasteiger partial charge is 0.466 e. The molecule has 3 saturated heterocycles. The molecule has 0 aromatic carbocycles. The number of nitrogens with zero attached hydrogens (tertiary/aromatic N) is 1. The van der Waals surface area contributed by atoms with Crippen molar-refractivity contribution in [3.63, 3.8) is 0 Å². The molecule has 0 radical (unpaired) electrons. The van der Waals surface area contributed by atoms with E-state index < -0.39 is 35.0 Å². The van der Waals surface area contributed by atoms with Gasteiger partial charge < -0.3 is 24.8 Å². The summed E-state index contributed by atoms with van der Waals surface area (Å²) >= 11 is 0. The number of rotatable bonds is 11. The Morgan fingerprint density at radius 3 is 2.47 bits per heavy atom. The van der Waals surface area contributed by atoms with Crippen molar-refractivity contribution in [1.82, 2.24) is 10.2 Å². The Bertz CT molecular complexity index is 776. The van der Waals surface area contributed by atoms with E-state index in [1.807, 2.05) is 13.8 Å². The standard InChI is InChI=1S/C26H44N2O6/c1-7-33-23(32)18-17-12-13-26(34-17)19(18)22(31)28(14-10-8-9-11-15-29)20(26)21(30)27-25(5,6)16-24(2,3)4/h17-20,29H,7-16H2,1-6H3,(H,27,30)/t17-,18+,19+,20-,26+/m0/s1. The molecule has 194 valence electrons. The predicted octanol–water partition coefficient (Wildman–Crippen LogP) is 2.81. The van der Waals surface area contributed by atoms with Crippen molar-refractivity contribution in [2.24, 2.45) is 17.3 Å². The average Bonchev–Trinajstić information content (AvgIpc) is 3.33. The minimum atomic E-state index is -0.980. The van der Waals surface area contributed by atoms with E-state index in [0.29, 0.717) is 19.4 Å². The Kier molecular flexibility index (Phi) is 8.03. The quantitative estimate of drug-likeness (QED) is 0.348. The van der Waals surface area contributed by atoms with Crippen molar-refractivity contribution in [3.05, 3.63) is 0 Å². The van der Waals surface area contributed by atoms with Crippen LogP contribution in [0, 0.1) is 17.3 Å². The maximum absolute atomic E-state index is 13.8. The number of aliphatic hydroxyl groups excluding tert-OH is 1. The number of aliphatic hydroxyl groups is 1. The summed E-state index contributed by atoms with van der Waals surface area (Å²) in [5, 5.41) is 12.3. The molecule has 0 aromatic heterocycles. The third kappa shape index (κ3) is 5.27. The van der Waals surface area contributed by atoms with E-state index in [2.05, 4.69) is 26.1 Å². The van der Waals surface area contributed by atoms with E-state index in [0.717, 1.165) is 32.1 Å². The van der Waals surface area contributed by atoms with Crippen LogP contribution in [0.15, 0.2) is 0 Å². The zero-order valence-electron chi connectivity index (χ0n) is 21.8. The van der Waals surface area contributed by atoms with Crippen LogP contribution >= 0.6 is 0 Å². The van der Waals surface area contributed by atoms with Gasteiger partial charge in [-0.3, -0.25) is 14.4 Å². The third-order valence-electron chi connectivity index (χ3n) is 7.35. The van der Waals surface area contributed by atoms with Crippen molar-refractivity contribution < 1.29 is 29.0 Å². The van der Waals surface area contributed by atoms with Crippen LogP contribution in [-0.2, 0) is 23.9 Å². The monoisotopic (exact) mass is 480 g/mol. The lowest BCUT2D eigenvalue weighted by Crippen LogP contribution is -2.59. The second-order valence-corrected chi connectivity index (χ2v) is 12.1. The van der Waals surface area contributed by atoms with Crippen LogP contribution < -0.4 is 5.32 Å². The van der Waals surface area contributed by atoms with Gasteiger partial charge >= 0.3 is 5.97 Å². The smallest absolute Gasteiger partial charge is 0.312 e. The number of nitrogens with one attached hydrogen (secondary N) is 1. The molecule has 3 aliphatic rings. The zero-order chi connectivity index (χ0) is 25.3. The number of esters is 1. The van der Waals surface area contributed by atoms with Gasteiger partial charge in [0.2, 0.25) is 11.8 Å². The first-order valence-corrected chi connectivity index (χ1v) is 12.9. The molecular weight excluding hydrogens is 436 g/mol. The molecule has 0 aliphatic carbocycles. The van der Waals surface area contributed by atoms with Crippen LogP contribution in [0.1, 0.15) is 86.5 Å². The summed E-state index contributed by atoms with van der Waals surface area (Å²) in [6, 6.07) is -0.758. The Hall–Kier alpha value is -1.67. The van der Waals surface area contributed by atoms with Gasteiger partial charge in [0.25, 0.3) is 0 Å². The highest BCUT2D eigenvalue weighted by Gasteiger charge is 2.74. The fourth-order valence-corrected chi connectivity index (χ4v) is 6.72. The van der Waals surface area contributed by atoms with Gasteiger partial charge in [-0.2, -0.15) is 0 Å². The molecule has 2 bridgehead atoms. The molecule has 8 heteroatoms. The normalized spacial score (nSPS) is 30.6. The van der Waals surface area contributed by atoms with E-state index >= 15 is 0 Å². The Morgan fingerprint density at radius 2 is 1.85 bits per heavy atom. The Labute approximate surface area is 204 Å². The van der Waals surface area contributed by atoms with Gasteiger partial charge in [0, 0.05) is 18.7 Å². The zero-order valence-corrected chi connectivity index (χ0v) is 21.8. The summed E-state index contributed by atoms with van der Waals surface area (Å²) in [6.45, 7) is 13.0. The van der Waals surface area contributed by atoms with Crippen molar-refractivity contribution in [1.29, 1.82) is 0 Å². The SMILES string of the molecule is CCOC(=O)[C@@H]1[C@@H]2CC[C@]3(O2)[C@H](C(=O)NC(C)(C)CC(C)(C)C)N(CCCCCCO)C(=O)[C@@H]13. The Balaban J connectivity index is 1.88. The predicted molar refractivity (Wildman–Crippen MR) is 128 cm³/mol. The molecule has 3 aliphatic heterocycles. The molecule has 1 spiro atoms. The molecule has 3 heterocycles. The number of unbranched alkanes of at least 4 members (excludes halogenated alkanes) is 3. The first-order valence-electron chi connectivity index (χ1n) is 12.9. The van der Waals surface area contributed by atoms with Gasteiger partial charge in [-0.15, -0.1) is 0 Å². The summed E-state index contributed by atoms with van der Waals surface area (Å²) in [5.74, 6) is -2.10. The summed E-state index contributed by atoms with van der Waals surface area (Å²) < 4.78 is 11.7. The highest BCUT2D eigenvalue weighted by atomic mass is 16.6. The number of fused-ring (bicyclic) bond motifs is 1. The molecule has 34 heavy (non-hydrogen) atoms. The van der Waals surface area contributed by atoms with Gasteiger partial charge in [-0.1, -0.05) is 33.6 Å². The summed E-state index contributed by atoms with van der Waals surface area (Å²) in [7, 11) is 0. The molecule has 3 fully saturated rings. The lowest BCUT2D eigenvalue weighted by atomic mass is 9.70. The first-order chi connectivity index (χ1) is 15.9. The van der Waals surface area contributed by atoms with Gasteiger partial charge in [0.1, 0.15) is 11.6 Å². The van der Waals surface area contributed by atoms with Crippen LogP contribution in [0.25, 0.3) is 0 Å². The maximum Gasteiger partial charge on any atom is 0.312 e. The van der Waals surface area contributed by atoms with Crippen LogP contribution in [0.4, 0.5) is 0 Å². The van der Waals surface area contributed by atoms with Crippen LogP contribution in [-0.4, -0.2) is 70.8 Å². The van der Waals surface area contributed by atoms with Crippen molar-refractivity contribution in [2.45, 2.75) is 110 Å². The number of carbonyl (C=O) groups excluding carboxylic acids is 3. The lowest BCUT2D eigenvalue weighted by Gasteiger charge is -2.38. The minimum Gasteiger partial charge on any atom is -0.466 e. The highest BCUT2D eigenvalue weighted by molar-refractivity contribution is 5.98. The molecule has 2 N–H and O–H groups in total. The third-order valence-corrected chi connectivity index (χ3v) is 7.35. The van der Waals surface area contributed by atoms with Gasteiger partial charge in [0.05, 0.1) is 24.5 Å². The van der Waals surface area contributed by atoms with E-state index in [1.54, 1.807) is 11.8 Å². The average molecular weight is 481 g/mol. The topological polar surface area (TPSA) is 105 Å². The number of carbonyl (C=O) groups is 3. The lowest BCUT2D eigenvalue weighted by molar-refractivity contribution is -0.154. The van der Waals surface area contributed by atoms with E-state index in [1.165, 1.54) is 0 Å². The van der Waals surface area contributed by atoms with Crippen LogP contribution in [0.2, 0.25) is 0 Å². The highest BCUT2D eigenvalue weighted by Crippen LogP contribution is 2.58. The van der Waals surface area contributed by atoms with Gasteiger partial charge in [-0.05, 0) is 58.3 Å². The second-order valence-electron chi connectivity index (χ2n) is 12.1. The number of ether oxygens (including phenoxy) is 2. The fourth-order valence-electron chi connectivity index (χ4n) is 6.72. The van der Waals surface area contributed by atoms with Crippen LogP contribution in [0.5, 0.6) is 0 Å². The molecule has 0 saturated carbocycles. The fraction of sp³-hybridized carbons (Fsp3) is 0.885. The molecular formula is C26H44N2O6. The van der Waals surface area contributed by atoms with E-state index in [-0.39, 0.29) is 36.5 Å². The number of hydrogen-bond acceptors (Lipinski definition) is 6. The van der Waals surface area contributed by atoms with Gasteiger partial charge in [0.15, 0.2) is 0 Å². The molecule has 3 rings (SSSR count). The van der Waals surface area contributed by atoms with Crippen LogP contribution in [0.3, 0.4) is 0 Å². The molecule has 8 nitrogen and oxygen atoms in total. The molecule has 0 aromatic rings.